The fourth-order valence-electron chi connectivity index (χ4n) is 1.84. The van der Waals surface area contributed by atoms with E-state index in [1.165, 1.54) is 15.3 Å². The molecule has 17 heavy (non-hydrogen) atoms. The summed E-state index contributed by atoms with van der Waals surface area (Å²) < 4.78 is 0. The van der Waals surface area contributed by atoms with Crippen molar-refractivity contribution in [3.05, 3.63) is 21.4 Å². The molecular weight excluding hydrogens is 234 g/mol. The molecule has 2 N–H and O–H groups in total. The van der Waals surface area contributed by atoms with Gasteiger partial charge >= 0.3 is 5.97 Å². The van der Waals surface area contributed by atoms with Gasteiger partial charge in [-0.2, -0.15) is 0 Å². The Kier molecular flexibility index (Phi) is 5.15. The van der Waals surface area contributed by atoms with E-state index in [1.54, 1.807) is 11.3 Å². The number of aliphatic carboxylic acids is 1. The fraction of sp³-hybridized carbons (Fsp3) is 0.615. The molecule has 0 bridgehead atoms. The molecule has 1 aromatic rings. The van der Waals surface area contributed by atoms with Gasteiger partial charge in [-0.25, -0.2) is 0 Å². The van der Waals surface area contributed by atoms with E-state index in [2.05, 4.69) is 25.2 Å². The molecule has 96 valence electrons. The highest BCUT2D eigenvalue weighted by Crippen LogP contribution is 2.20. The van der Waals surface area contributed by atoms with Crippen LogP contribution in [0.25, 0.3) is 0 Å². The minimum atomic E-state index is -0.761. The summed E-state index contributed by atoms with van der Waals surface area (Å²) in [4.78, 5) is 13.6. The molecule has 0 fully saturated rings. The lowest BCUT2D eigenvalue weighted by molar-refractivity contribution is -0.140. The molecule has 1 atom stereocenters. The maximum Gasteiger partial charge on any atom is 0.320 e. The van der Waals surface area contributed by atoms with Crippen molar-refractivity contribution in [3.8, 4) is 0 Å². The molecule has 0 radical (unpaired) electrons. The molecule has 1 aromatic heterocycles. The number of nitrogens with one attached hydrogen (secondary N) is 1. The molecule has 0 saturated heterocycles. The Hall–Kier alpha value is -0.870. The van der Waals surface area contributed by atoms with Gasteiger partial charge in [0, 0.05) is 16.3 Å². The third kappa shape index (κ3) is 4.48. The highest BCUT2D eigenvalue weighted by molar-refractivity contribution is 7.12. The van der Waals surface area contributed by atoms with Gasteiger partial charge < -0.3 is 10.4 Å². The predicted octanol–water partition coefficient (Wildman–Crippen LogP) is 2.95. The van der Waals surface area contributed by atoms with Gasteiger partial charge in [0.2, 0.25) is 0 Å². The van der Waals surface area contributed by atoms with Crippen molar-refractivity contribution in [1.29, 1.82) is 0 Å². The van der Waals surface area contributed by atoms with Gasteiger partial charge in [0.25, 0.3) is 0 Å². The van der Waals surface area contributed by atoms with Crippen LogP contribution in [0.5, 0.6) is 0 Å². The molecule has 1 rings (SSSR count). The van der Waals surface area contributed by atoms with Gasteiger partial charge in [-0.1, -0.05) is 13.8 Å². The van der Waals surface area contributed by atoms with E-state index in [1.807, 2.05) is 13.8 Å². The molecule has 1 unspecified atom stereocenters. The second-order valence-electron chi connectivity index (χ2n) is 4.84. The van der Waals surface area contributed by atoms with E-state index in [9.17, 15) is 4.79 Å². The standard InChI is InChI=1S/C13H21NO2S/c1-8(2)5-12(13(15)16)14-7-11-6-9(3)17-10(11)4/h6,8,12,14H,5,7H2,1-4H3,(H,15,16). The number of hydrogen-bond donors (Lipinski definition) is 2. The minimum absolute atomic E-state index is 0.383. The molecule has 0 aliphatic carbocycles. The molecule has 4 heteroatoms. The first-order chi connectivity index (χ1) is 7.90. The lowest BCUT2D eigenvalue weighted by Gasteiger charge is -2.16. The topological polar surface area (TPSA) is 49.3 Å². The lowest BCUT2D eigenvalue weighted by Crippen LogP contribution is -2.37. The molecule has 0 aromatic carbocycles. The quantitative estimate of drug-likeness (QED) is 0.821. The minimum Gasteiger partial charge on any atom is -0.480 e. The average Bonchev–Trinajstić information content (AvgIpc) is 2.51. The Balaban J connectivity index is 2.57. The Morgan fingerprint density at radius 3 is 2.53 bits per heavy atom. The summed E-state index contributed by atoms with van der Waals surface area (Å²) in [5.41, 5.74) is 1.21. The maximum atomic E-state index is 11.1. The summed E-state index contributed by atoms with van der Waals surface area (Å²) in [5, 5.41) is 12.2. The molecule has 0 spiro atoms. The van der Waals surface area contributed by atoms with Crippen LogP contribution >= 0.6 is 11.3 Å². The number of carbonyl (C=O) groups is 1. The van der Waals surface area contributed by atoms with E-state index in [0.717, 1.165) is 0 Å². The van der Waals surface area contributed by atoms with Crippen molar-refractivity contribution < 1.29 is 9.90 Å². The van der Waals surface area contributed by atoms with E-state index in [4.69, 9.17) is 5.11 Å². The zero-order valence-corrected chi connectivity index (χ0v) is 11.7. The molecule has 0 aliphatic heterocycles. The Morgan fingerprint density at radius 1 is 1.47 bits per heavy atom. The molecule has 1 heterocycles. The van der Waals surface area contributed by atoms with Crippen LogP contribution in [-0.4, -0.2) is 17.1 Å². The average molecular weight is 255 g/mol. The highest BCUT2D eigenvalue weighted by atomic mass is 32.1. The van der Waals surface area contributed by atoms with Gasteiger partial charge in [0.1, 0.15) is 6.04 Å². The van der Waals surface area contributed by atoms with Crippen molar-refractivity contribution in [1.82, 2.24) is 5.32 Å². The largest absolute Gasteiger partial charge is 0.480 e. The van der Waals surface area contributed by atoms with Crippen LogP contribution in [-0.2, 0) is 11.3 Å². The molecular formula is C13H21NO2S. The van der Waals surface area contributed by atoms with E-state index < -0.39 is 12.0 Å². The predicted molar refractivity (Wildman–Crippen MR) is 71.5 cm³/mol. The molecule has 0 aliphatic rings. The number of carboxylic acid groups (broad SMARTS) is 1. The Labute approximate surface area is 107 Å². The third-order valence-electron chi connectivity index (χ3n) is 2.69. The second-order valence-corrected chi connectivity index (χ2v) is 6.30. The van der Waals surface area contributed by atoms with Crippen LogP contribution in [0.3, 0.4) is 0 Å². The highest BCUT2D eigenvalue weighted by Gasteiger charge is 2.18. The number of thiophene rings is 1. The number of rotatable bonds is 6. The summed E-state index contributed by atoms with van der Waals surface area (Å²) in [6, 6.07) is 1.68. The van der Waals surface area contributed by atoms with Gasteiger partial charge in [-0.3, -0.25) is 4.79 Å². The number of carboxylic acids is 1. The van der Waals surface area contributed by atoms with Crippen LogP contribution in [0, 0.1) is 19.8 Å². The Morgan fingerprint density at radius 2 is 2.12 bits per heavy atom. The van der Waals surface area contributed by atoms with Crippen molar-refractivity contribution >= 4 is 17.3 Å². The van der Waals surface area contributed by atoms with E-state index in [-0.39, 0.29) is 0 Å². The lowest BCUT2D eigenvalue weighted by atomic mass is 10.0. The van der Waals surface area contributed by atoms with E-state index in [0.29, 0.717) is 18.9 Å². The zero-order chi connectivity index (χ0) is 13.0. The smallest absolute Gasteiger partial charge is 0.320 e. The normalized spacial score (nSPS) is 13.0. The van der Waals surface area contributed by atoms with Crippen molar-refractivity contribution in [2.24, 2.45) is 5.92 Å². The second kappa shape index (κ2) is 6.17. The summed E-state index contributed by atoms with van der Waals surface area (Å²) in [5.74, 6) is -0.378. The summed E-state index contributed by atoms with van der Waals surface area (Å²) >= 11 is 1.76. The van der Waals surface area contributed by atoms with Gasteiger partial charge in [-0.05, 0) is 37.8 Å². The monoisotopic (exact) mass is 255 g/mol. The van der Waals surface area contributed by atoms with Gasteiger partial charge in [-0.15, -0.1) is 11.3 Å². The van der Waals surface area contributed by atoms with E-state index >= 15 is 0 Å². The molecule has 0 saturated carbocycles. The third-order valence-corrected chi connectivity index (χ3v) is 3.70. The fourth-order valence-corrected chi connectivity index (χ4v) is 2.78. The van der Waals surface area contributed by atoms with Gasteiger partial charge in [0.05, 0.1) is 0 Å². The van der Waals surface area contributed by atoms with Crippen molar-refractivity contribution in [3.63, 3.8) is 0 Å². The zero-order valence-electron chi connectivity index (χ0n) is 10.9. The first-order valence-corrected chi connectivity index (χ1v) is 6.74. The van der Waals surface area contributed by atoms with Crippen LogP contribution in [0.15, 0.2) is 6.07 Å². The number of hydrogen-bond acceptors (Lipinski definition) is 3. The first-order valence-electron chi connectivity index (χ1n) is 5.92. The number of aryl methyl sites for hydroxylation is 2. The van der Waals surface area contributed by atoms with Crippen LogP contribution in [0.4, 0.5) is 0 Å². The van der Waals surface area contributed by atoms with Crippen LogP contribution < -0.4 is 5.32 Å². The Bertz CT molecular complexity index is 385. The van der Waals surface area contributed by atoms with Crippen LogP contribution in [0.2, 0.25) is 0 Å². The summed E-state index contributed by atoms with van der Waals surface area (Å²) in [7, 11) is 0. The SMILES string of the molecule is Cc1cc(CNC(CC(C)C)C(=O)O)c(C)s1. The van der Waals surface area contributed by atoms with Crippen molar-refractivity contribution in [2.45, 2.75) is 46.7 Å². The van der Waals surface area contributed by atoms with Crippen molar-refractivity contribution in [2.75, 3.05) is 0 Å². The first kappa shape index (κ1) is 14.2. The van der Waals surface area contributed by atoms with Gasteiger partial charge in [0.15, 0.2) is 0 Å². The summed E-state index contributed by atoms with van der Waals surface area (Å²) in [6.45, 7) is 8.87. The summed E-state index contributed by atoms with van der Waals surface area (Å²) in [6.07, 6.45) is 0.664. The van der Waals surface area contributed by atoms with Crippen LogP contribution in [0.1, 0.15) is 35.6 Å². The molecule has 0 amide bonds. The maximum absolute atomic E-state index is 11.1. The molecule has 3 nitrogen and oxygen atoms in total.